The Kier molecular flexibility index (Phi) is 8.71. The number of aliphatic hydroxyl groups is 1. The molecule has 0 fully saturated rings. The number of nitrogens with zero attached hydrogens (tertiary/aromatic N) is 2. The zero-order valence-electron chi connectivity index (χ0n) is 22.4. The highest BCUT2D eigenvalue weighted by atomic mass is 19.1. The largest absolute Gasteiger partial charge is 0.488 e. The van der Waals surface area contributed by atoms with Crippen molar-refractivity contribution in [3.63, 3.8) is 0 Å². The predicted octanol–water partition coefficient (Wildman–Crippen LogP) is 5.08. The molecule has 1 unspecified atom stereocenters. The van der Waals surface area contributed by atoms with Crippen LogP contribution in [0.5, 0.6) is 11.5 Å². The maximum atomic E-state index is 15.4. The fraction of sp³-hybridized carbons (Fsp3) is 0.219. The number of fused-ring (bicyclic) bond motifs is 1. The van der Waals surface area contributed by atoms with Crippen LogP contribution >= 0.6 is 0 Å². The molecule has 3 aromatic carbocycles. The number of carbonyl (C=O) groups is 1. The number of nitrogens with one attached hydrogen (secondary N) is 1. The molecule has 10 heteroatoms. The van der Waals surface area contributed by atoms with Crippen LogP contribution in [0.15, 0.2) is 73.1 Å². The summed E-state index contributed by atoms with van der Waals surface area (Å²) in [6.07, 6.45) is 3.65. The van der Waals surface area contributed by atoms with Gasteiger partial charge in [0.25, 0.3) is 0 Å². The third-order valence-corrected chi connectivity index (χ3v) is 7.10. The van der Waals surface area contributed by atoms with E-state index in [1.54, 1.807) is 24.3 Å². The quantitative estimate of drug-likeness (QED) is 0.228. The summed E-state index contributed by atoms with van der Waals surface area (Å²) in [5.41, 5.74) is 4.30. The zero-order chi connectivity index (χ0) is 29.6. The second-order valence-corrected chi connectivity index (χ2v) is 9.83. The van der Waals surface area contributed by atoms with Gasteiger partial charge >= 0.3 is 5.97 Å². The Balaban J connectivity index is 1.43. The SMILES string of the molecule is N#Cc1cncc(COc2cc(OC3CCc4c(-c5ccccc5F)cccc43)c(F)cc2CN[C@@H](CO)C(=O)O)c1. The summed E-state index contributed by atoms with van der Waals surface area (Å²) in [7, 11) is 0. The van der Waals surface area contributed by atoms with Gasteiger partial charge in [-0.3, -0.25) is 15.1 Å². The van der Waals surface area contributed by atoms with Crippen LogP contribution < -0.4 is 14.8 Å². The van der Waals surface area contributed by atoms with Gasteiger partial charge in [0, 0.05) is 41.7 Å². The molecule has 3 N–H and O–H groups in total. The van der Waals surface area contributed by atoms with Gasteiger partial charge in [0.1, 0.15) is 36.4 Å². The number of pyridine rings is 1. The van der Waals surface area contributed by atoms with E-state index >= 15 is 4.39 Å². The van der Waals surface area contributed by atoms with E-state index in [0.29, 0.717) is 35.1 Å². The van der Waals surface area contributed by atoms with Gasteiger partial charge in [-0.25, -0.2) is 8.78 Å². The minimum absolute atomic E-state index is 0.00120. The minimum atomic E-state index is -1.26. The van der Waals surface area contributed by atoms with E-state index in [1.165, 1.54) is 30.6 Å². The molecular weight excluding hydrogens is 544 g/mol. The number of benzene rings is 3. The van der Waals surface area contributed by atoms with E-state index in [1.807, 2.05) is 24.3 Å². The van der Waals surface area contributed by atoms with Crippen molar-refractivity contribution in [1.29, 1.82) is 5.26 Å². The molecule has 0 saturated heterocycles. The molecular formula is C32H27F2N3O5. The van der Waals surface area contributed by atoms with Crippen LogP contribution in [0.25, 0.3) is 11.1 Å². The number of rotatable bonds is 11. The number of carboxylic acids is 1. The van der Waals surface area contributed by atoms with Gasteiger partial charge in [0.15, 0.2) is 11.6 Å². The van der Waals surface area contributed by atoms with Crippen LogP contribution in [0.3, 0.4) is 0 Å². The molecule has 0 radical (unpaired) electrons. The number of aromatic nitrogens is 1. The monoisotopic (exact) mass is 571 g/mol. The number of carboxylic acid groups (broad SMARTS) is 1. The van der Waals surface area contributed by atoms with Crippen molar-refractivity contribution in [2.45, 2.75) is 38.1 Å². The average Bonchev–Trinajstić information content (AvgIpc) is 3.41. The van der Waals surface area contributed by atoms with Gasteiger partial charge in [-0.1, -0.05) is 36.4 Å². The van der Waals surface area contributed by atoms with Crippen LogP contribution in [0.1, 0.15) is 40.3 Å². The molecule has 5 rings (SSSR count). The van der Waals surface area contributed by atoms with Crippen molar-refractivity contribution >= 4 is 5.97 Å². The van der Waals surface area contributed by atoms with Crippen molar-refractivity contribution in [2.75, 3.05) is 6.61 Å². The minimum Gasteiger partial charge on any atom is -0.488 e. The summed E-state index contributed by atoms with van der Waals surface area (Å²) in [5.74, 6) is -2.10. The number of hydrogen-bond acceptors (Lipinski definition) is 7. The zero-order valence-corrected chi connectivity index (χ0v) is 22.4. The predicted molar refractivity (Wildman–Crippen MR) is 149 cm³/mol. The summed E-state index contributed by atoms with van der Waals surface area (Å²) in [5, 5.41) is 30.5. The van der Waals surface area contributed by atoms with Gasteiger partial charge in [-0.2, -0.15) is 5.26 Å². The second-order valence-electron chi connectivity index (χ2n) is 9.83. The Morgan fingerprint density at radius 2 is 1.88 bits per heavy atom. The molecule has 1 heterocycles. The van der Waals surface area contributed by atoms with Gasteiger partial charge < -0.3 is 19.7 Å². The average molecular weight is 572 g/mol. The number of aliphatic hydroxyl groups excluding tert-OH is 1. The van der Waals surface area contributed by atoms with Gasteiger partial charge in [-0.15, -0.1) is 0 Å². The normalized spacial score (nSPS) is 14.6. The van der Waals surface area contributed by atoms with Crippen molar-refractivity contribution < 1.29 is 33.3 Å². The Labute approximate surface area is 240 Å². The summed E-state index contributed by atoms with van der Waals surface area (Å²) < 4.78 is 42.1. The first kappa shape index (κ1) is 28.7. The molecule has 4 aromatic rings. The number of halogens is 2. The van der Waals surface area contributed by atoms with E-state index in [4.69, 9.17) is 14.7 Å². The van der Waals surface area contributed by atoms with Crippen LogP contribution in [0.4, 0.5) is 8.78 Å². The number of aliphatic carboxylic acids is 1. The topological polar surface area (TPSA) is 125 Å². The van der Waals surface area contributed by atoms with Crippen molar-refractivity contribution in [3.05, 3.63) is 113 Å². The molecule has 0 bridgehead atoms. The molecule has 1 aliphatic rings. The van der Waals surface area contributed by atoms with Crippen LogP contribution in [-0.4, -0.2) is 33.8 Å². The lowest BCUT2D eigenvalue weighted by molar-refractivity contribution is -0.140. The van der Waals surface area contributed by atoms with Crippen LogP contribution in [0, 0.1) is 23.0 Å². The third kappa shape index (κ3) is 6.22. The van der Waals surface area contributed by atoms with Gasteiger partial charge in [0.2, 0.25) is 0 Å². The fourth-order valence-corrected chi connectivity index (χ4v) is 5.01. The Bertz CT molecular complexity index is 1660. The second kappa shape index (κ2) is 12.8. The molecule has 0 amide bonds. The third-order valence-electron chi connectivity index (χ3n) is 7.10. The van der Waals surface area contributed by atoms with Crippen molar-refractivity contribution in [3.8, 4) is 28.7 Å². The summed E-state index contributed by atoms with van der Waals surface area (Å²) in [4.78, 5) is 15.4. The lowest BCUT2D eigenvalue weighted by Crippen LogP contribution is -2.39. The van der Waals surface area contributed by atoms with E-state index in [0.717, 1.165) is 16.7 Å². The first-order chi connectivity index (χ1) is 20.4. The molecule has 42 heavy (non-hydrogen) atoms. The lowest BCUT2D eigenvalue weighted by atomic mass is 9.96. The van der Waals surface area contributed by atoms with Crippen LogP contribution in [0.2, 0.25) is 0 Å². The summed E-state index contributed by atoms with van der Waals surface area (Å²) >= 11 is 0. The molecule has 0 aliphatic heterocycles. The smallest absolute Gasteiger partial charge is 0.323 e. The Hall–Kier alpha value is -4.85. The first-order valence-electron chi connectivity index (χ1n) is 13.3. The molecule has 0 spiro atoms. The van der Waals surface area contributed by atoms with E-state index in [9.17, 15) is 19.4 Å². The Morgan fingerprint density at radius 3 is 2.64 bits per heavy atom. The number of nitriles is 1. The van der Waals surface area contributed by atoms with Crippen molar-refractivity contribution in [1.82, 2.24) is 10.3 Å². The number of hydrogen-bond donors (Lipinski definition) is 3. The number of ether oxygens (including phenoxy) is 2. The molecule has 1 aromatic heterocycles. The molecule has 8 nitrogen and oxygen atoms in total. The standard InChI is InChI=1S/C32H27F2N3O5/c33-26-7-2-1-4-24(26)22-5-3-6-25-23(22)8-9-29(25)42-31-12-30(41-18-20-10-19(13-35)14-36-15-20)21(11-27(31)34)16-37-28(17-38)32(39)40/h1-7,10-12,14-15,28-29,37-38H,8-9,16-18H2,(H,39,40)/t28-,29?/m0/s1. The van der Waals surface area contributed by atoms with E-state index in [2.05, 4.69) is 10.3 Å². The maximum absolute atomic E-state index is 15.4. The van der Waals surface area contributed by atoms with E-state index < -0.39 is 30.5 Å². The maximum Gasteiger partial charge on any atom is 0.323 e. The molecule has 214 valence electrons. The highest BCUT2D eigenvalue weighted by molar-refractivity contribution is 5.73. The summed E-state index contributed by atoms with van der Waals surface area (Å²) in [6, 6.07) is 17.1. The molecule has 0 saturated carbocycles. The lowest BCUT2D eigenvalue weighted by Gasteiger charge is -2.20. The highest BCUT2D eigenvalue weighted by Gasteiger charge is 2.28. The van der Waals surface area contributed by atoms with Gasteiger partial charge in [-0.05, 0) is 47.7 Å². The highest BCUT2D eigenvalue weighted by Crippen LogP contribution is 2.42. The Morgan fingerprint density at radius 1 is 1.07 bits per heavy atom. The fourth-order valence-electron chi connectivity index (χ4n) is 5.01. The van der Waals surface area contributed by atoms with Crippen molar-refractivity contribution in [2.24, 2.45) is 0 Å². The summed E-state index contributed by atoms with van der Waals surface area (Å²) in [6.45, 7) is -0.766. The molecule has 2 atom stereocenters. The van der Waals surface area contributed by atoms with E-state index in [-0.39, 0.29) is 30.5 Å². The van der Waals surface area contributed by atoms with Gasteiger partial charge in [0.05, 0.1) is 12.2 Å². The van der Waals surface area contributed by atoms with Crippen LogP contribution in [-0.2, 0) is 24.4 Å². The first-order valence-corrected chi connectivity index (χ1v) is 13.3. The molecule has 1 aliphatic carbocycles.